The second kappa shape index (κ2) is 7.61. The molecule has 1 atom stereocenters. The van der Waals surface area contributed by atoms with Gasteiger partial charge in [-0.1, -0.05) is 6.08 Å². The van der Waals surface area contributed by atoms with E-state index >= 15 is 0 Å². The average molecular weight is 196 g/mol. The molecule has 0 saturated carbocycles. The number of aliphatic hydroxyl groups is 1. The zero-order chi connectivity index (χ0) is 9.40. The van der Waals surface area contributed by atoms with E-state index in [-0.39, 0.29) is 19.6 Å². The van der Waals surface area contributed by atoms with Crippen molar-refractivity contribution in [2.45, 2.75) is 12.7 Å². The quantitative estimate of drug-likeness (QED) is 0.306. The van der Waals surface area contributed by atoms with Gasteiger partial charge in [0.15, 0.2) is 6.29 Å². The summed E-state index contributed by atoms with van der Waals surface area (Å²) in [6, 6.07) is 0. The molecule has 0 aliphatic rings. The summed E-state index contributed by atoms with van der Waals surface area (Å²) in [6.45, 7) is 3.52. The third kappa shape index (κ3) is 6.67. The molecule has 0 aromatic carbocycles. The van der Waals surface area contributed by atoms with Gasteiger partial charge >= 0.3 is 8.60 Å². The highest BCUT2D eigenvalue weighted by atomic mass is 31.2. The monoisotopic (exact) mass is 196 g/mol. The number of rotatable bonds is 7. The maximum atomic E-state index is 8.51. The summed E-state index contributed by atoms with van der Waals surface area (Å²) in [6.07, 6.45) is 0.924. The molecule has 0 aromatic heterocycles. The van der Waals surface area contributed by atoms with E-state index in [1.54, 1.807) is 0 Å². The summed E-state index contributed by atoms with van der Waals surface area (Å²) < 4.78 is 9.48. The molecular weight excluding hydrogens is 183 g/mol. The van der Waals surface area contributed by atoms with Crippen LogP contribution in [0.3, 0.4) is 0 Å². The molecule has 0 aliphatic heterocycles. The third-order valence-corrected chi connectivity index (χ3v) is 1.40. The largest absolute Gasteiger partial charge is 0.396 e. The third-order valence-electron chi connectivity index (χ3n) is 0.977. The fraction of sp³-hybridized carbons (Fsp3) is 0.667. The van der Waals surface area contributed by atoms with Crippen molar-refractivity contribution in [1.82, 2.24) is 0 Å². The molecule has 6 heteroatoms. The lowest BCUT2D eigenvalue weighted by molar-refractivity contribution is -0.0850. The molecule has 1 unspecified atom stereocenters. The standard InChI is InChI=1S/C6H13O5P/c1-2-5-10-6(3-4-7)11-12(8)9/h2,6-9H,1,3-5H2. The van der Waals surface area contributed by atoms with Crippen molar-refractivity contribution < 1.29 is 24.2 Å². The molecule has 0 radical (unpaired) electrons. The molecule has 0 rings (SSSR count). The van der Waals surface area contributed by atoms with Crippen LogP contribution >= 0.6 is 8.60 Å². The first-order chi connectivity index (χ1) is 5.70. The van der Waals surface area contributed by atoms with Gasteiger partial charge in [0.25, 0.3) is 0 Å². The van der Waals surface area contributed by atoms with Crippen LogP contribution in [0.1, 0.15) is 6.42 Å². The van der Waals surface area contributed by atoms with Crippen LogP contribution in [0.15, 0.2) is 12.7 Å². The second-order valence-electron chi connectivity index (χ2n) is 1.92. The highest BCUT2D eigenvalue weighted by Crippen LogP contribution is 2.28. The summed E-state index contributed by atoms with van der Waals surface area (Å²) in [5.74, 6) is 0. The van der Waals surface area contributed by atoms with Crippen LogP contribution in [0.5, 0.6) is 0 Å². The van der Waals surface area contributed by atoms with Gasteiger partial charge in [-0.3, -0.25) is 4.52 Å². The van der Waals surface area contributed by atoms with Crippen LogP contribution in [0.4, 0.5) is 0 Å². The summed E-state index contributed by atoms with van der Waals surface area (Å²) in [5.41, 5.74) is 0. The van der Waals surface area contributed by atoms with Crippen LogP contribution in [0.25, 0.3) is 0 Å². The van der Waals surface area contributed by atoms with Gasteiger partial charge in [-0.2, -0.15) is 0 Å². The lowest BCUT2D eigenvalue weighted by atomic mass is 10.4. The molecule has 3 N–H and O–H groups in total. The van der Waals surface area contributed by atoms with Gasteiger partial charge in [-0.05, 0) is 0 Å². The van der Waals surface area contributed by atoms with Crippen LogP contribution in [-0.4, -0.2) is 34.4 Å². The number of aliphatic hydroxyl groups excluding tert-OH is 1. The molecule has 0 bridgehead atoms. The van der Waals surface area contributed by atoms with Crippen LogP contribution < -0.4 is 0 Å². The summed E-state index contributed by atoms with van der Waals surface area (Å²) in [7, 11) is -2.44. The molecule has 0 aliphatic carbocycles. The fourth-order valence-electron chi connectivity index (χ4n) is 0.552. The predicted molar refractivity (Wildman–Crippen MR) is 44.1 cm³/mol. The van der Waals surface area contributed by atoms with Gasteiger partial charge in [0.05, 0.1) is 6.61 Å². The van der Waals surface area contributed by atoms with E-state index in [0.29, 0.717) is 0 Å². The van der Waals surface area contributed by atoms with E-state index < -0.39 is 14.9 Å². The molecule has 0 aromatic rings. The summed E-state index contributed by atoms with van der Waals surface area (Å²) >= 11 is 0. The Balaban J connectivity index is 3.61. The van der Waals surface area contributed by atoms with Crippen molar-refractivity contribution in [3.05, 3.63) is 12.7 Å². The van der Waals surface area contributed by atoms with Crippen molar-refractivity contribution >= 4 is 8.60 Å². The van der Waals surface area contributed by atoms with Crippen molar-refractivity contribution in [1.29, 1.82) is 0 Å². The van der Waals surface area contributed by atoms with Gasteiger partial charge in [0.1, 0.15) is 0 Å². The van der Waals surface area contributed by atoms with Gasteiger partial charge in [0, 0.05) is 13.0 Å². The molecular formula is C6H13O5P. The van der Waals surface area contributed by atoms with E-state index in [4.69, 9.17) is 19.6 Å². The average Bonchev–Trinajstić information content (AvgIpc) is 2.00. The Morgan fingerprint density at radius 2 is 2.17 bits per heavy atom. The second-order valence-corrected chi connectivity index (χ2v) is 2.64. The van der Waals surface area contributed by atoms with E-state index in [1.807, 2.05) is 0 Å². The maximum Gasteiger partial charge on any atom is 0.329 e. The lowest BCUT2D eigenvalue weighted by Gasteiger charge is -2.16. The van der Waals surface area contributed by atoms with E-state index in [9.17, 15) is 0 Å². The Bertz CT molecular complexity index is 119. The van der Waals surface area contributed by atoms with Gasteiger partial charge in [-0.25, -0.2) is 0 Å². The number of ether oxygens (including phenoxy) is 1. The predicted octanol–water partition coefficient (Wildman–Crippen LogP) is 0.126. The molecule has 0 saturated heterocycles. The first-order valence-electron chi connectivity index (χ1n) is 3.38. The Kier molecular flexibility index (Phi) is 7.59. The van der Waals surface area contributed by atoms with Crippen molar-refractivity contribution in [2.75, 3.05) is 13.2 Å². The van der Waals surface area contributed by atoms with E-state index in [1.165, 1.54) is 6.08 Å². The Hall–Kier alpha value is -0.0300. The van der Waals surface area contributed by atoms with Crippen molar-refractivity contribution in [3.63, 3.8) is 0 Å². The smallest absolute Gasteiger partial charge is 0.329 e. The Morgan fingerprint density at radius 3 is 2.58 bits per heavy atom. The van der Waals surface area contributed by atoms with Gasteiger partial charge < -0.3 is 19.6 Å². The van der Waals surface area contributed by atoms with Crippen LogP contribution in [0, 0.1) is 0 Å². The Labute approximate surface area is 72.2 Å². The molecule has 0 spiro atoms. The molecule has 0 amide bonds. The summed E-state index contributed by atoms with van der Waals surface area (Å²) in [4.78, 5) is 16.9. The van der Waals surface area contributed by atoms with Crippen LogP contribution in [-0.2, 0) is 9.26 Å². The Morgan fingerprint density at radius 1 is 1.50 bits per heavy atom. The van der Waals surface area contributed by atoms with Gasteiger partial charge in [-0.15, -0.1) is 6.58 Å². The first kappa shape index (κ1) is 12.0. The first-order valence-corrected chi connectivity index (χ1v) is 4.55. The normalized spacial score (nSPS) is 13.3. The fourth-order valence-corrected chi connectivity index (χ4v) is 0.929. The zero-order valence-electron chi connectivity index (χ0n) is 6.59. The number of hydrogen-bond acceptors (Lipinski definition) is 5. The lowest BCUT2D eigenvalue weighted by Crippen LogP contribution is -2.16. The van der Waals surface area contributed by atoms with Crippen molar-refractivity contribution in [2.24, 2.45) is 0 Å². The minimum Gasteiger partial charge on any atom is -0.396 e. The molecule has 72 valence electrons. The van der Waals surface area contributed by atoms with Crippen molar-refractivity contribution in [3.8, 4) is 0 Å². The molecule has 0 fully saturated rings. The molecule has 5 nitrogen and oxygen atoms in total. The summed E-state index contributed by atoms with van der Waals surface area (Å²) in [5, 5.41) is 8.51. The molecule has 0 heterocycles. The maximum absolute atomic E-state index is 8.51. The minimum absolute atomic E-state index is 0.134. The van der Waals surface area contributed by atoms with Crippen LogP contribution in [0.2, 0.25) is 0 Å². The SMILES string of the molecule is C=CCOC(CCO)OP(O)O. The highest BCUT2D eigenvalue weighted by Gasteiger charge is 2.12. The molecule has 12 heavy (non-hydrogen) atoms. The zero-order valence-corrected chi connectivity index (χ0v) is 7.48. The number of hydrogen-bond donors (Lipinski definition) is 3. The minimum atomic E-state index is -2.44. The van der Waals surface area contributed by atoms with Gasteiger partial charge in [0.2, 0.25) is 0 Å². The van der Waals surface area contributed by atoms with E-state index in [2.05, 4.69) is 11.1 Å². The topological polar surface area (TPSA) is 79.2 Å². The highest BCUT2D eigenvalue weighted by molar-refractivity contribution is 7.39. The van der Waals surface area contributed by atoms with E-state index in [0.717, 1.165) is 0 Å².